The van der Waals surface area contributed by atoms with Gasteiger partial charge in [0, 0.05) is 57.1 Å². The summed E-state index contributed by atoms with van der Waals surface area (Å²) in [5.74, 6) is 0. The van der Waals surface area contributed by atoms with E-state index in [0.717, 1.165) is 32.8 Å². The Labute approximate surface area is 277 Å². The quantitative estimate of drug-likeness (QED) is 0.160. The number of para-hydroxylation sites is 2. The van der Waals surface area contributed by atoms with Gasteiger partial charge in [0.05, 0.1) is 29.4 Å². The minimum atomic E-state index is 0.956. The minimum absolute atomic E-state index is 0.956. The van der Waals surface area contributed by atoms with E-state index >= 15 is 0 Å². The number of rotatable bonds is 10. The van der Waals surface area contributed by atoms with Crippen LogP contribution in [0.2, 0.25) is 0 Å². The Hall–Kier alpha value is -3.22. The zero-order valence-electron chi connectivity index (χ0n) is 26.7. The fraction of sp³-hybridized carbons (Fsp3) is 0.385. The first-order chi connectivity index (χ1) is 22.2. The van der Waals surface area contributed by atoms with Crippen molar-refractivity contribution in [2.24, 2.45) is 0 Å². The Morgan fingerprint density at radius 2 is 0.956 bits per heavy atom. The number of unbranched alkanes of at least 4 members (excludes halogenated alkanes) is 6. The Morgan fingerprint density at radius 3 is 1.42 bits per heavy atom. The SMILES string of the molecule is CCCCCCN1c2ccccc2Sc2cc3c(cc21)N1Cc2cc4c(cc2N(C3)C1)N(CCCCCC)c1ccccc1S4. The highest BCUT2D eigenvalue weighted by Gasteiger charge is 2.35. The van der Waals surface area contributed by atoms with Gasteiger partial charge in [-0.15, -0.1) is 0 Å². The van der Waals surface area contributed by atoms with Crippen LogP contribution in [0.3, 0.4) is 0 Å². The molecule has 0 spiro atoms. The first-order valence-electron chi connectivity index (χ1n) is 17.1. The minimum Gasteiger partial charge on any atom is -0.349 e. The average molecular weight is 633 g/mol. The van der Waals surface area contributed by atoms with Gasteiger partial charge < -0.3 is 19.6 Å². The summed E-state index contributed by atoms with van der Waals surface area (Å²) in [7, 11) is 0. The molecule has 0 amide bonds. The van der Waals surface area contributed by atoms with Crippen LogP contribution < -0.4 is 19.6 Å². The van der Waals surface area contributed by atoms with Gasteiger partial charge in [0.15, 0.2) is 0 Å². The van der Waals surface area contributed by atoms with E-state index in [0.29, 0.717) is 0 Å². The highest BCUT2D eigenvalue weighted by molar-refractivity contribution is 8.00. The molecule has 232 valence electrons. The summed E-state index contributed by atoms with van der Waals surface area (Å²) < 4.78 is 0. The third-order valence-corrected chi connectivity index (χ3v) is 12.1. The van der Waals surface area contributed by atoms with Crippen LogP contribution in [-0.4, -0.2) is 19.8 Å². The van der Waals surface area contributed by atoms with E-state index < -0.39 is 0 Å². The molecule has 45 heavy (non-hydrogen) atoms. The summed E-state index contributed by atoms with van der Waals surface area (Å²) in [5, 5.41) is 0. The Bertz CT molecular complexity index is 1590. The molecule has 8 rings (SSSR count). The monoisotopic (exact) mass is 632 g/mol. The normalized spacial score (nSPS) is 15.6. The number of nitrogens with zero attached hydrogens (tertiary/aromatic N) is 4. The Morgan fingerprint density at radius 1 is 0.489 bits per heavy atom. The number of hydrogen-bond donors (Lipinski definition) is 0. The fourth-order valence-corrected chi connectivity index (χ4v) is 9.85. The molecular formula is C39H44N4S2. The van der Waals surface area contributed by atoms with Crippen molar-refractivity contribution in [2.45, 2.75) is 97.9 Å². The summed E-state index contributed by atoms with van der Waals surface area (Å²) >= 11 is 3.90. The maximum absolute atomic E-state index is 2.62. The van der Waals surface area contributed by atoms with Crippen LogP contribution in [0, 0.1) is 0 Å². The van der Waals surface area contributed by atoms with Crippen molar-refractivity contribution in [3.8, 4) is 0 Å². The molecule has 0 aromatic heterocycles. The molecule has 4 aromatic rings. The van der Waals surface area contributed by atoms with Crippen LogP contribution in [0.4, 0.5) is 34.1 Å². The van der Waals surface area contributed by atoms with E-state index in [-0.39, 0.29) is 0 Å². The van der Waals surface area contributed by atoms with Gasteiger partial charge in [-0.1, -0.05) is 100 Å². The van der Waals surface area contributed by atoms with Crippen molar-refractivity contribution in [2.75, 3.05) is 39.4 Å². The van der Waals surface area contributed by atoms with E-state index in [4.69, 9.17) is 0 Å². The zero-order valence-corrected chi connectivity index (χ0v) is 28.4. The maximum Gasteiger partial charge on any atom is 0.0910 e. The van der Waals surface area contributed by atoms with Crippen LogP contribution in [0.1, 0.15) is 76.3 Å². The Balaban J connectivity index is 1.12. The molecule has 0 fully saturated rings. The third kappa shape index (κ3) is 5.38. The highest BCUT2D eigenvalue weighted by Crippen LogP contribution is 2.54. The molecule has 4 nitrogen and oxygen atoms in total. The molecule has 6 heteroatoms. The van der Waals surface area contributed by atoms with Crippen molar-refractivity contribution in [3.05, 3.63) is 83.9 Å². The van der Waals surface area contributed by atoms with Gasteiger partial charge >= 0.3 is 0 Å². The predicted octanol–water partition coefficient (Wildman–Crippen LogP) is 11.4. The number of anilines is 6. The smallest absolute Gasteiger partial charge is 0.0910 e. The largest absolute Gasteiger partial charge is 0.349 e. The molecule has 2 bridgehead atoms. The molecular weight excluding hydrogens is 589 g/mol. The van der Waals surface area contributed by atoms with Crippen LogP contribution >= 0.6 is 23.5 Å². The first kappa shape index (κ1) is 29.2. The van der Waals surface area contributed by atoms with Crippen LogP contribution in [0.5, 0.6) is 0 Å². The summed E-state index contributed by atoms with van der Waals surface area (Å²) in [5.41, 5.74) is 11.3. The molecule has 0 saturated heterocycles. The van der Waals surface area contributed by atoms with E-state index in [2.05, 4.69) is 106 Å². The fourth-order valence-electron chi connectivity index (χ4n) is 7.57. The van der Waals surface area contributed by atoms with E-state index in [9.17, 15) is 0 Å². The topological polar surface area (TPSA) is 13.0 Å². The van der Waals surface area contributed by atoms with E-state index in [1.165, 1.54) is 116 Å². The van der Waals surface area contributed by atoms with Gasteiger partial charge in [0.1, 0.15) is 0 Å². The lowest BCUT2D eigenvalue weighted by atomic mass is 9.99. The number of fused-ring (bicyclic) bond motifs is 10. The first-order valence-corrected chi connectivity index (χ1v) is 18.8. The van der Waals surface area contributed by atoms with Crippen molar-refractivity contribution < 1.29 is 0 Å². The average Bonchev–Trinajstić information content (AvgIpc) is 3.06. The Kier molecular flexibility index (Phi) is 8.13. The van der Waals surface area contributed by atoms with Crippen LogP contribution in [0.25, 0.3) is 0 Å². The molecule has 4 aromatic carbocycles. The molecule has 0 aliphatic carbocycles. The second-order valence-corrected chi connectivity index (χ2v) is 15.2. The standard InChI is InChI=1S/C39H44N4S2/c1-3-5-7-13-19-42-30-15-9-11-17-36(30)44-38-21-28-25-41-27-40(32(28)23-34(38)42)26-29-22-39-35(24-33(29)41)43(20-14-8-6-4-2)31-16-10-12-18-37(31)45-39/h9-12,15-18,21-24H,3-8,13-14,19-20,25-27H2,1-2H3. The van der Waals surface area contributed by atoms with Gasteiger partial charge in [-0.2, -0.15) is 0 Å². The van der Waals surface area contributed by atoms with Gasteiger partial charge in [0.25, 0.3) is 0 Å². The number of hydrogen-bond acceptors (Lipinski definition) is 6. The molecule has 4 aliphatic rings. The van der Waals surface area contributed by atoms with Crippen LogP contribution in [-0.2, 0) is 13.1 Å². The van der Waals surface area contributed by atoms with Gasteiger partial charge in [-0.05, 0) is 72.5 Å². The summed E-state index contributed by atoms with van der Waals surface area (Å²) in [4.78, 5) is 16.0. The predicted molar refractivity (Wildman–Crippen MR) is 194 cm³/mol. The van der Waals surface area contributed by atoms with Crippen molar-refractivity contribution >= 4 is 57.6 Å². The molecule has 0 radical (unpaired) electrons. The molecule has 4 aliphatic heterocycles. The van der Waals surface area contributed by atoms with Crippen molar-refractivity contribution in [1.29, 1.82) is 0 Å². The highest BCUT2D eigenvalue weighted by atomic mass is 32.2. The van der Waals surface area contributed by atoms with Crippen molar-refractivity contribution in [3.63, 3.8) is 0 Å². The van der Waals surface area contributed by atoms with E-state index in [1.807, 2.05) is 23.5 Å². The van der Waals surface area contributed by atoms with Crippen LogP contribution in [0.15, 0.2) is 92.4 Å². The lowest BCUT2D eigenvalue weighted by molar-refractivity contribution is 0.645. The molecule has 0 saturated carbocycles. The number of benzene rings is 4. The summed E-state index contributed by atoms with van der Waals surface area (Å²) in [6, 6.07) is 28.1. The molecule has 0 N–H and O–H groups in total. The molecule has 0 unspecified atom stereocenters. The lowest BCUT2D eigenvalue weighted by Gasteiger charge is -2.46. The second kappa shape index (κ2) is 12.5. The molecule has 0 atom stereocenters. The lowest BCUT2D eigenvalue weighted by Crippen LogP contribution is -2.46. The van der Waals surface area contributed by atoms with E-state index in [1.54, 1.807) is 0 Å². The summed E-state index contributed by atoms with van der Waals surface area (Å²) in [6.45, 7) is 9.64. The molecule has 4 heterocycles. The van der Waals surface area contributed by atoms with Gasteiger partial charge in [0.2, 0.25) is 0 Å². The van der Waals surface area contributed by atoms with Crippen molar-refractivity contribution in [1.82, 2.24) is 0 Å². The van der Waals surface area contributed by atoms with Gasteiger partial charge in [-0.25, -0.2) is 0 Å². The summed E-state index contributed by atoms with van der Waals surface area (Å²) in [6.07, 6.45) is 10.2. The third-order valence-electron chi connectivity index (χ3n) is 9.87. The van der Waals surface area contributed by atoms with Gasteiger partial charge in [-0.3, -0.25) is 0 Å². The maximum atomic E-state index is 2.62. The second-order valence-electron chi connectivity index (χ2n) is 13.0. The zero-order chi connectivity index (χ0) is 30.3.